The third-order valence-corrected chi connectivity index (χ3v) is 9.10. The number of hydrogen-bond donors (Lipinski definition) is 2. The second-order valence-electron chi connectivity index (χ2n) is 8.98. The monoisotopic (exact) mass is 545 g/mol. The minimum Gasteiger partial charge on any atom is -0.369 e. The number of nitrogens with zero attached hydrogens (tertiary/aromatic N) is 5. The molecule has 4 rings (SSSR count). The summed E-state index contributed by atoms with van der Waals surface area (Å²) in [5.74, 6) is 1.44. The van der Waals surface area contributed by atoms with Crippen LogP contribution >= 0.6 is 11.8 Å². The fourth-order valence-electron chi connectivity index (χ4n) is 4.15. The summed E-state index contributed by atoms with van der Waals surface area (Å²) in [6.07, 6.45) is 6.58. The molecule has 1 amide bonds. The van der Waals surface area contributed by atoms with Crippen LogP contribution in [0.15, 0.2) is 40.5 Å². The van der Waals surface area contributed by atoms with Crippen LogP contribution in [0, 0.1) is 0 Å². The molecule has 3 heterocycles. The van der Waals surface area contributed by atoms with Crippen LogP contribution in [-0.2, 0) is 16.6 Å². The van der Waals surface area contributed by atoms with E-state index >= 15 is 0 Å². The number of benzene rings is 1. The Bertz CT molecular complexity index is 1300. The molecule has 2 N–H and O–H groups in total. The lowest BCUT2D eigenvalue weighted by atomic mass is 10.2. The number of fused-ring (bicyclic) bond motifs is 1. The molecule has 0 saturated carbocycles. The van der Waals surface area contributed by atoms with Gasteiger partial charge in [-0.25, -0.2) is 23.1 Å². The van der Waals surface area contributed by atoms with Gasteiger partial charge in [0.2, 0.25) is 10.0 Å². The van der Waals surface area contributed by atoms with Crippen LogP contribution in [0.3, 0.4) is 0 Å². The van der Waals surface area contributed by atoms with E-state index < -0.39 is 10.0 Å². The molecule has 1 aliphatic rings. The Balaban J connectivity index is 1.40. The number of thioether (sulfide) groups is 1. The van der Waals surface area contributed by atoms with E-state index in [0.717, 1.165) is 61.3 Å². The molecule has 37 heavy (non-hydrogen) atoms. The molecule has 0 radical (unpaired) electrons. The summed E-state index contributed by atoms with van der Waals surface area (Å²) in [5, 5.41) is 12.3. The van der Waals surface area contributed by atoms with Gasteiger partial charge in [0.05, 0.1) is 23.0 Å². The summed E-state index contributed by atoms with van der Waals surface area (Å²) < 4.78 is 29.0. The molecule has 0 atom stereocenters. The molecule has 0 spiro atoms. The minimum absolute atomic E-state index is 0.220. The smallest absolute Gasteiger partial charge is 0.251 e. The van der Waals surface area contributed by atoms with E-state index in [1.54, 1.807) is 34.8 Å². The van der Waals surface area contributed by atoms with Gasteiger partial charge in [0.1, 0.15) is 5.82 Å². The van der Waals surface area contributed by atoms with Gasteiger partial charge in [0, 0.05) is 37.5 Å². The van der Waals surface area contributed by atoms with E-state index in [-0.39, 0.29) is 10.8 Å². The first kappa shape index (κ1) is 27.3. The number of carbonyl (C=O) groups is 1. The van der Waals surface area contributed by atoms with Crippen molar-refractivity contribution in [1.29, 1.82) is 0 Å². The summed E-state index contributed by atoms with van der Waals surface area (Å²) in [6.45, 7) is 6.92. The number of anilines is 1. The van der Waals surface area contributed by atoms with Crippen molar-refractivity contribution < 1.29 is 13.2 Å². The number of piperidine rings is 1. The van der Waals surface area contributed by atoms with Crippen molar-refractivity contribution in [3.05, 3.63) is 36.0 Å². The molecule has 0 unspecified atom stereocenters. The van der Waals surface area contributed by atoms with Crippen molar-refractivity contribution in [3.8, 4) is 0 Å². The maximum Gasteiger partial charge on any atom is 0.251 e. The second-order valence-corrected chi connectivity index (χ2v) is 12.0. The number of carbonyl (C=O) groups excluding carboxylic acids is 1. The first-order valence-electron chi connectivity index (χ1n) is 12.9. The number of sulfonamides is 1. The summed E-state index contributed by atoms with van der Waals surface area (Å²) >= 11 is 1.61. The third-order valence-electron chi connectivity index (χ3n) is 6.13. The highest BCUT2D eigenvalue weighted by molar-refractivity contribution is 7.99. The molecule has 0 bridgehead atoms. The van der Waals surface area contributed by atoms with Gasteiger partial charge in [-0.1, -0.05) is 32.0 Å². The van der Waals surface area contributed by atoms with Gasteiger partial charge in [0.25, 0.3) is 5.91 Å². The maximum atomic E-state index is 12.8. The molecule has 1 aromatic carbocycles. The van der Waals surface area contributed by atoms with Gasteiger partial charge in [0.15, 0.2) is 10.8 Å². The summed E-state index contributed by atoms with van der Waals surface area (Å²) in [7, 11) is -3.52. The van der Waals surface area contributed by atoms with Crippen LogP contribution in [0.2, 0.25) is 0 Å². The zero-order chi connectivity index (χ0) is 26.3. The Morgan fingerprint density at radius 1 is 1.03 bits per heavy atom. The Kier molecular flexibility index (Phi) is 9.38. The van der Waals surface area contributed by atoms with Crippen molar-refractivity contribution in [1.82, 2.24) is 29.4 Å². The number of rotatable bonds is 12. The molecule has 0 aliphatic carbocycles. The predicted molar refractivity (Wildman–Crippen MR) is 147 cm³/mol. The molecule has 12 heteroatoms. The predicted octanol–water partition coefficient (Wildman–Crippen LogP) is 3.75. The highest BCUT2D eigenvalue weighted by atomic mass is 32.2. The van der Waals surface area contributed by atoms with Crippen LogP contribution in [0.4, 0.5) is 5.82 Å². The van der Waals surface area contributed by atoms with E-state index in [0.29, 0.717) is 36.9 Å². The van der Waals surface area contributed by atoms with Gasteiger partial charge < -0.3 is 10.6 Å². The molecular weight excluding hydrogens is 510 g/mol. The normalized spacial score (nSPS) is 14.6. The summed E-state index contributed by atoms with van der Waals surface area (Å²) in [6, 6.07) is 6.14. The maximum absolute atomic E-state index is 12.8. The lowest BCUT2D eigenvalue weighted by Crippen LogP contribution is -2.35. The van der Waals surface area contributed by atoms with Crippen LogP contribution in [-0.4, -0.2) is 70.3 Å². The van der Waals surface area contributed by atoms with Crippen LogP contribution in [0.25, 0.3) is 11.0 Å². The minimum atomic E-state index is -3.52. The Hall–Kier alpha value is -2.70. The zero-order valence-electron chi connectivity index (χ0n) is 21.4. The van der Waals surface area contributed by atoms with Crippen LogP contribution in [0.5, 0.6) is 0 Å². The molecule has 1 fully saturated rings. The first-order chi connectivity index (χ1) is 17.9. The van der Waals surface area contributed by atoms with Gasteiger partial charge in [-0.15, -0.1) is 0 Å². The quantitative estimate of drug-likeness (QED) is 0.261. The molecule has 1 saturated heterocycles. The number of hydrogen-bond acceptors (Lipinski definition) is 8. The molecule has 10 nitrogen and oxygen atoms in total. The fraction of sp³-hybridized carbons (Fsp3) is 0.520. The zero-order valence-corrected chi connectivity index (χ0v) is 23.1. The molecule has 1 aliphatic heterocycles. The lowest BCUT2D eigenvalue weighted by molar-refractivity contribution is 0.0952. The van der Waals surface area contributed by atoms with Crippen LogP contribution in [0.1, 0.15) is 56.3 Å². The van der Waals surface area contributed by atoms with Crippen LogP contribution < -0.4 is 10.6 Å². The van der Waals surface area contributed by atoms with Crippen molar-refractivity contribution in [2.24, 2.45) is 0 Å². The Labute approximate surface area is 222 Å². The van der Waals surface area contributed by atoms with Crippen molar-refractivity contribution in [3.63, 3.8) is 0 Å². The average Bonchev–Trinajstić information content (AvgIpc) is 3.34. The van der Waals surface area contributed by atoms with E-state index in [4.69, 9.17) is 4.98 Å². The van der Waals surface area contributed by atoms with Crippen molar-refractivity contribution in [2.75, 3.05) is 37.2 Å². The standard InChI is InChI=1S/C25H35N7O3S2/c1-3-12-26-22-21-18-28-32(23(21)30-25(29-22)36-17-4-2)16-13-27-24(33)19-8-10-20(11-9-19)37(34,35)31-14-6-5-7-15-31/h8-11,18H,3-7,12-17H2,1-2H3,(H,27,33)(H,26,29,30). The van der Waals surface area contributed by atoms with E-state index in [2.05, 4.69) is 34.6 Å². The Morgan fingerprint density at radius 2 is 1.78 bits per heavy atom. The van der Waals surface area contributed by atoms with E-state index in [1.165, 1.54) is 16.4 Å². The average molecular weight is 546 g/mol. The van der Waals surface area contributed by atoms with E-state index in [1.807, 2.05) is 0 Å². The molecule has 200 valence electrons. The Morgan fingerprint density at radius 3 is 2.49 bits per heavy atom. The number of amides is 1. The fourth-order valence-corrected chi connectivity index (χ4v) is 6.36. The SMILES string of the molecule is CCCNc1nc(SCCC)nc2c1cnn2CCNC(=O)c1ccc(S(=O)(=O)N2CCCCC2)cc1. The van der Waals surface area contributed by atoms with Gasteiger partial charge in [-0.05, 0) is 49.9 Å². The largest absolute Gasteiger partial charge is 0.369 e. The highest BCUT2D eigenvalue weighted by Crippen LogP contribution is 2.25. The number of aromatic nitrogens is 4. The molecule has 3 aromatic rings. The van der Waals surface area contributed by atoms with Gasteiger partial charge in [-0.2, -0.15) is 9.40 Å². The first-order valence-corrected chi connectivity index (χ1v) is 15.3. The third kappa shape index (κ3) is 6.60. The van der Waals surface area contributed by atoms with Gasteiger partial charge in [-0.3, -0.25) is 4.79 Å². The number of nitrogens with one attached hydrogen (secondary N) is 2. The molecule has 2 aromatic heterocycles. The summed E-state index contributed by atoms with van der Waals surface area (Å²) in [4.78, 5) is 22.3. The summed E-state index contributed by atoms with van der Waals surface area (Å²) in [5.41, 5.74) is 1.14. The molecular formula is C25H35N7O3S2. The second kappa shape index (κ2) is 12.7. The topological polar surface area (TPSA) is 122 Å². The van der Waals surface area contributed by atoms with E-state index in [9.17, 15) is 13.2 Å². The lowest BCUT2D eigenvalue weighted by Gasteiger charge is -2.25. The highest BCUT2D eigenvalue weighted by Gasteiger charge is 2.26. The van der Waals surface area contributed by atoms with Gasteiger partial charge >= 0.3 is 0 Å². The van der Waals surface area contributed by atoms with Crippen molar-refractivity contribution >= 4 is 44.5 Å². The van der Waals surface area contributed by atoms with Crippen molar-refractivity contribution in [2.45, 2.75) is 62.5 Å².